The fourth-order valence-electron chi connectivity index (χ4n) is 0.523. The van der Waals surface area contributed by atoms with E-state index < -0.39 is 0 Å². The second-order valence-electron chi connectivity index (χ2n) is 1.75. The highest BCUT2D eigenvalue weighted by Gasteiger charge is 1.79. The minimum absolute atomic E-state index is 1.14. The van der Waals surface area contributed by atoms with Gasteiger partial charge in [0.2, 0.25) is 0 Å². The Kier molecular flexibility index (Phi) is 7.42. The van der Waals surface area contributed by atoms with Gasteiger partial charge in [0.25, 0.3) is 0 Å². The van der Waals surface area contributed by atoms with E-state index in [0.29, 0.717) is 0 Å². The number of hydrogen-bond donors (Lipinski definition) is 0. The molecule has 0 fully saturated rings. The van der Waals surface area contributed by atoms with Crippen molar-refractivity contribution in [3.8, 4) is 0 Å². The highest BCUT2D eigenvalue weighted by Crippen LogP contribution is 1.98. The molecule has 0 amide bonds. The van der Waals surface area contributed by atoms with E-state index in [1.54, 1.807) is 0 Å². The molecule has 0 aliphatic heterocycles. The molecule has 0 unspecified atom stereocenters. The van der Waals surface area contributed by atoms with Gasteiger partial charge in [0.05, 0.1) is 0 Å². The summed E-state index contributed by atoms with van der Waals surface area (Å²) in [6.45, 7) is 2.06. The van der Waals surface area contributed by atoms with Crippen molar-refractivity contribution in [3.63, 3.8) is 0 Å². The van der Waals surface area contributed by atoms with Crippen molar-refractivity contribution in [1.82, 2.24) is 0 Å². The Hall–Kier alpha value is 0.220. The van der Waals surface area contributed by atoms with E-state index in [1.165, 1.54) is 19.3 Å². The predicted molar refractivity (Wildman–Crippen MR) is 42.5 cm³/mol. The number of rotatable bonds is 4. The minimum Gasteiger partial charge on any atom is -0.0928 e. The number of hydrogen-bond acceptors (Lipinski definition) is 0. The lowest BCUT2D eigenvalue weighted by atomic mass is 10.2. The van der Waals surface area contributed by atoms with Gasteiger partial charge in [-0.3, -0.25) is 0 Å². The van der Waals surface area contributed by atoms with E-state index in [1.807, 2.05) is 0 Å². The van der Waals surface area contributed by atoms with Gasteiger partial charge in [0.1, 0.15) is 0 Å². The molecule has 0 aromatic rings. The summed E-state index contributed by atoms with van der Waals surface area (Å²) in [6, 6.07) is 0. The molecule has 0 saturated heterocycles. The summed E-state index contributed by atoms with van der Waals surface area (Å²) in [4.78, 5) is 0. The molecule has 0 nitrogen and oxygen atoms in total. The van der Waals surface area contributed by atoms with Gasteiger partial charge in [-0.2, -0.15) is 0 Å². The van der Waals surface area contributed by atoms with Crippen LogP contribution in [0.5, 0.6) is 0 Å². The number of halogens is 1. The van der Waals surface area contributed by atoms with Gasteiger partial charge >= 0.3 is 0 Å². The van der Waals surface area contributed by atoms with Gasteiger partial charge in [-0.15, -0.1) is 0 Å². The minimum atomic E-state index is 1.14. The Morgan fingerprint density at radius 3 is 2.62 bits per heavy atom. The Labute approximate surface area is 60.1 Å². The number of alkyl halides is 1. The van der Waals surface area contributed by atoms with Crippen LogP contribution in [0.3, 0.4) is 0 Å². The highest BCUT2D eigenvalue weighted by atomic mass is 79.9. The van der Waals surface area contributed by atoms with E-state index in [-0.39, 0.29) is 0 Å². The Balaban J connectivity index is 2.72. The zero-order valence-corrected chi connectivity index (χ0v) is 6.95. The molecule has 0 rings (SSSR count). The van der Waals surface area contributed by atoms with Gasteiger partial charge < -0.3 is 0 Å². The summed E-state index contributed by atoms with van der Waals surface area (Å²) in [7, 11) is 0. The number of unbranched alkanes of at least 4 members (excludes halogenated alkanes) is 2. The average Bonchev–Trinajstić information content (AvgIpc) is 1.81. The third-order valence-electron chi connectivity index (χ3n) is 0.990. The van der Waals surface area contributed by atoms with Crippen LogP contribution in [0, 0.1) is 0 Å². The fourth-order valence-corrected chi connectivity index (χ4v) is 0.920. The first-order chi connectivity index (χ1) is 3.91. The summed E-state index contributed by atoms with van der Waals surface area (Å²) < 4.78 is 0. The largest absolute Gasteiger partial charge is 0.0928 e. The zero-order valence-electron chi connectivity index (χ0n) is 5.36. The smallest absolute Gasteiger partial charge is 0.00314 e. The van der Waals surface area contributed by atoms with E-state index in [0.717, 1.165) is 5.33 Å². The molecule has 0 bridgehead atoms. The SMILES string of the molecule is CC=CCCCCBr. The van der Waals surface area contributed by atoms with Gasteiger partial charge in [-0.1, -0.05) is 28.1 Å². The Bertz CT molecular complexity index is 57.4. The lowest BCUT2D eigenvalue weighted by Gasteiger charge is -1.87. The van der Waals surface area contributed by atoms with Gasteiger partial charge in [0, 0.05) is 5.33 Å². The molecule has 0 heterocycles. The van der Waals surface area contributed by atoms with E-state index in [9.17, 15) is 0 Å². The van der Waals surface area contributed by atoms with E-state index in [4.69, 9.17) is 0 Å². The maximum absolute atomic E-state index is 3.38. The molecule has 0 aliphatic rings. The lowest BCUT2D eigenvalue weighted by molar-refractivity contribution is 0.826. The van der Waals surface area contributed by atoms with E-state index in [2.05, 4.69) is 35.0 Å². The first-order valence-electron chi connectivity index (χ1n) is 3.09. The Morgan fingerprint density at radius 2 is 2.12 bits per heavy atom. The van der Waals surface area contributed by atoms with E-state index >= 15 is 0 Å². The molecule has 0 radical (unpaired) electrons. The molecule has 8 heavy (non-hydrogen) atoms. The van der Waals surface area contributed by atoms with Crippen LogP contribution >= 0.6 is 15.9 Å². The molecule has 0 saturated carbocycles. The molecule has 0 spiro atoms. The third-order valence-corrected chi connectivity index (χ3v) is 1.55. The van der Waals surface area contributed by atoms with Gasteiger partial charge in [-0.25, -0.2) is 0 Å². The molecule has 0 aromatic heterocycles. The maximum Gasteiger partial charge on any atom is 0.00314 e. The van der Waals surface area contributed by atoms with Crippen molar-refractivity contribution in [2.24, 2.45) is 0 Å². The normalized spacial score (nSPS) is 10.8. The van der Waals surface area contributed by atoms with Crippen LogP contribution in [0.4, 0.5) is 0 Å². The van der Waals surface area contributed by atoms with Crippen LogP contribution in [0.15, 0.2) is 12.2 Å². The summed E-state index contributed by atoms with van der Waals surface area (Å²) in [6.07, 6.45) is 8.17. The summed E-state index contributed by atoms with van der Waals surface area (Å²) in [5.74, 6) is 0. The lowest BCUT2D eigenvalue weighted by Crippen LogP contribution is -1.72. The van der Waals surface area contributed by atoms with Crippen LogP contribution in [0.1, 0.15) is 26.2 Å². The van der Waals surface area contributed by atoms with Gasteiger partial charge in [-0.05, 0) is 26.2 Å². The number of allylic oxidation sites excluding steroid dienone is 2. The predicted octanol–water partition coefficient (Wildman–Crippen LogP) is 3.13. The topological polar surface area (TPSA) is 0 Å². The monoisotopic (exact) mass is 176 g/mol. The van der Waals surface area contributed by atoms with Crippen LogP contribution in [0.25, 0.3) is 0 Å². The second kappa shape index (κ2) is 7.22. The fraction of sp³-hybridized carbons (Fsp3) is 0.714. The maximum atomic E-state index is 3.38. The first-order valence-corrected chi connectivity index (χ1v) is 4.21. The average molecular weight is 177 g/mol. The third kappa shape index (κ3) is 6.22. The molecular formula is C7H13Br. The van der Waals surface area contributed by atoms with Crippen LogP contribution < -0.4 is 0 Å². The molecular weight excluding hydrogens is 164 g/mol. The van der Waals surface area contributed by atoms with Crippen LogP contribution in [0.2, 0.25) is 0 Å². The first kappa shape index (κ1) is 8.22. The van der Waals surface area contributed by atoms with Crippen molar-refractivity contribution in [1.29, 1.82) is 0 Å². The van der Waals surface area contributed by atoms with Crippen molar-refractivity contribution in [2.75, 3.05) is 5.33 Å². The summed E-state index contributed by atoms with van der Waals surface area (Å²) in [5.41, 5.74) is 0. The van der Waals surface area contributed by atoms with Crippen molar-refractivity contribution in [3.05, 3.63) is 12.2 Å². The quantitative estimate of drug-likeness (QED) is 0.351. The van der Waals surface area contributed by atoms with Crippen molar-refractivity contribution in [2.45, 2.75) is 26.2 Å². The van der Waals surface area contributed by atoms with Crippen molar-refractivity contribution >= 4 is 15.9 Å². The highest BCUT2D eigenvalue weighted by molar-refractivity contribution is 9.09. The van der Waals surface area contributed by atoms with Gasteiger partial charge in [0.15, 0.2) is 0 Å². The molecule has 1 heteroatoms. The van der Waals surface area contributed by atoms with Crippen LogP contribution in [-0.4, -0.2) is 5.33 Å². The molecule has 48 valence electrons. The Morgan fingerprint density at radius 1 is 1.38 bits per heavy atom. The molecule has 0 aliphatic carbocycles. The summed E-state index contributed by atoms with van der Waals surface area (Å²) in [5, 5.41) is 1.14. The molecule has 0 aromatic carbocycles. The van der Waals surface area contributed by atoms with Crippen LogP contribution in [-0.2, 0) is 0 Å². The summed E-state index contributed by atoms with van der Waals surface area (Å²) >= 11 is 3.38. The second-order valence-corrected chi connectivity index (χ2v) is 2.55. The van der Waals surface area contributed by atoms with Crippen molar-refractivity contribution < 1.29 is 0 Å². The molecule has 0 atom stereocenters. The standard InChI is InChI=1S/C7H13Br/c1-2-3-4-5-6-7-8/h2-3H,4-7H2,1H3. The zero-order chi connectivity index (χ0) is 6.24. The molecule has 0 N–H and O–H groups in total.